The van der Waals surface area contributed by atoms with E-state index >= 15 is 0 Å². The van der Waals surface area contributed by atoms with E-state index in [1.165, 1.54) is 0 Å². The van der Waals surface area contributed by atoms with Crippen LogP contribution in [0.5, 0.6) is 0 Å². The molecule has 122 valence electrons. The zero-order chi connectivity index (χ0) is 15.3. The van der Waals surface area contributed by atoms with Crippen molar-refractivity contribution in [3.63, 3.8) is 0 Å². The molecule has 0 aromatic rings. The lowest BCUT2D eigenvalue weighted by atomic mass is 10.2. The summed E-state index contributed by atoms with van der Waals surface area (Å²) in [6.45, 7) is 9.28. The first kappa shape index (κ1) is 17.3. The van der Waals surface area contributed by atoms with Crippen molar-refractivity contribution in [2.45, 2.75) is 25.7 Å². The summed E-state index contributed by atoms with van der Waals surface area (Å²) in [5.74, 6) is 13.1. The van der Waals surface area contributed by atoms with Crippen molar-refractivity contribution in [1.82, 2.24) is 9.80 Å². The molecule has 0 bridgehead atoms. The van der Waals surface area contributed by atoms with Crippen LogP contribution in [-0.4, -0.2) is 75.5 Å². The van der Waals surface area contributed by atoms with Crippen LogP contribution in [0, 0.1) is 23.7 Å². The van der Waals surface area contributed by atoms with E-state index in [0.717, 1.165) is 91.4 Å². The van der Waals surface area contributed by atoms with Crippen molar-refractivity contribution in [3.05, 3.63) is 0 Å². The van der Waals surface area contributed by atoms with E-state index in [1.54, 1.807) is 0 Å². The number of morpholine rings is 2. The minimum Gasteiger partial charge on any atom is -0.379 e. The van der Waals surface area contributed by atoms with Crippen molar-refractivity contribution in [2.75, 3.05) is 65.7 Å². The van der Waals surface area contributed by atoms with Gasteiger partial charge in [-0.05, 0) is 12.8 Å². The number of nitrogens with zero attached hydrogens (tertiary/aromatic N) is 2. The molecule has 2 rings (SSSR count). The van der Waals surface area contributed by atoms with Crippen LogP contribution in [0.15, 0.2) is 0 Å². The molecule has 2 aliphatic heterocycles. The summed E-state index contributed by atoms with van der Waals surface area (Å²) >= 11 is 0. The molecule has 0 N–H and O–H groups in total. The van der Waals surface area contributed by atoms with Crippen molar-refractivity contribution in [3.8, 4) is 23.7 Å². The quantitative estimate of drug-likeness (QED) is 0.563. The first-order valence-electron chi connectivity index (χ1n) is 8.47. The third kappa shape index (κ3) is 7.82. The maximum absolute atomic E-state index is 5.32. The predicted molar refractivity (Wildman–Crippen MR) is 88.5 cm³/mol. The molecular weight excluding hydrogens is 276 g/mol. The standard InChI is InChI=1S/C18H28N2O2/c1(3-5-7-9-19-11-15-21-16-12-19)2-4-6-8-10-20-13-17-22-18-14-20/h1-4,9-18H2. The van der Waals surface area contributed by atoms with Crippen LogP contribution in [0.25, 0.3) is 0 Å². The molecule has 0 saturated carbocycles. The summed E-state index contributed by atoms with van der Waals surface area (Å²) < 4.78 is 10.6. The van der Waals surface area contributed by atoms with Gasteiger partial charge in [0.1, 0.15) is 0 Å². The van der Waals surface area contributed by atoms with Gasteiger partial charge in [0.25, 0.3) is 0 Å². The molecule has 0 amide bonds. The van der Waals surface area contributed by atoms with Crippen molar-refractivity contribution in [2.24, 2.45) is 0 Å². The van der Waals surface area contributed by atoms with Crippen molar-refractivity contribution < 1.29 is 9.47 Å². The second-order valence-electron chi connectivity index (χ2n) is 5.69. The molecule has 0 atom stereocenters. The van der Waals surface area contributed by atoms with Gasteiger partial charge < -0.3 is 9.47 Å². The van der Waals surface area contributed by atoms with Gasteiger partial charge in [0.05, 0.1) is 39.5 Å². The molecule has 0 aromatic heterocycles. The Hall–Kier alpha value is -1.04. The van der Waals surface area contributed by atoms with Crippen LogP contribution in [-0.2, 0) is 9.47 Å². The first-order valence-corrected chi connectivity index (χ1v) is 8.47. The molecule has 2 saturated heterocycles. The maximum atomic E-state index is 5.32. The van der Waals surface area contributed by atoms with Gasteiger partial charge in [0.2, 0.25) is 0 Å². The molecule has 0 radical (unpaired) electrons. The highest BCUT2D eigenvalue weighted by atomic mass is 16.5. The molecule has 2 aliphatic rings. The van der Waals surface area contributed by atoms with Gasteiger partial charge in [-0.25, -0.2) is 0 Å². The monoisotopic (exact) mass is 304 g/mol. The lowest BCUT2D eigenvalue weighted by Crippen LogP contribution is -2.36. The Morgan fingerprint density at radius 3 is 1.41 bits per heavy atom. The summed E-state index contributed by atoms with van der Waals surface area (Å²) in [7, 11) is 0. The van der Waals surface area contributed by atoms with E-state index < -0.39 is 0 Å². The van der Waals surface area contributed by atoms with Crippen LogP contribution < -0.4 is 0 Å². The fourth-order valence-electron chi connectivity index (χ4n) is 2.46. The zero-order valence-electron chi connectivity index (χ0n) is 13.6. The summed E-state index contributed by atoms with van der Waals surface area (Å²) in [4.78, 5) is 4.71. The summed E-state index contributed by atoms with van der Waals surface area (Å²) in [5, 5.41) is 0. The third-order valence-electron chi connectivity index (χ3n) is 3.92. The molecule has 4 nitrogen and oxygen atoms in total. The molecular formula is C18H28N2O2. The number of rotatable bonds is 5. The highest BCUT2D eigenvalue weighted by Gasteiger charge is 2.08. The summed E-state index contributed by atoms with van der Waals surface area (Å²) in [5.41, 5.74) is 0. The average molecular weight is 304 g/mol. The van der Waals surface area contributed by atoms with E-state index in [-0.39, 0.29) is 0 Å². The third-order valence-corrected chi connectivity index (χ3v) is 3.92. The number of hydrogen-bond donors (Lipinski definition) is 0. The Bertz CT molecular complexity index is 364. The van der Waals surface area contributed by atoms with Crippen LogP contribution >= 0.6 is 0 Å². The molecule has 2 fully saturated rings. The Morgan fingerprint density at radius 1 is 0.591 bits per heavy atom. The topological polar surface area (TPSA) is 24.9 Å². The SMILES string of the molecule is C(#CCN1CCOCC1)CCCCC#CCN1CCOCC1. The van der Waals surface area contributed by atoms with Gasteiger partial charge in [0.15, 0.2) is 0 Å². The van der Waals surface area contributed by atoms with Crippen LogP contribution in [0.2, 0.25) is 0 Å². The van der Waals surface area contributed by atoms with Gasteiger partial charge in [-0.2, -0.15) is 0 Å². The normalized spacial score (nSPS) is 19.8. The minimum atomic E-state index is 0.852. The van der Waals surface area contributed by atoms with Gasteiger partial charge in [-0.15, -0.1) is 11.8 Å². The highest BCUT2D eigenvalue weighted by Crippen LogP contribution is 1.99. The molecule has 4 heteroatoms. The summed E-state index contributed by atoms with van der Waals surface area (Å²) in [6, 6.07) is 0. The van der Waals surface area contributed by atoms with Gasteiger partial charge >= 0.3 is 0 Å². The molecule has 0 aromatic carbocycles. The summed E-state index contributed by atoms with van der Waals surface area (Å²) in [6.07, 6.45) is 4.30. The second kappa shape index (κ2) is 11.5. The zero-order valence-corrected chi connectivity index (χ0v) is 13.6. The lowest BCUT2D eigenvalue weighted by molar-refractivity contribution is 0.0443. The minimum absolute atomic E-state index is 0.852. The molecule has 2 heterocycles. The average Bonchev–Trinajstić information content (AvgIpc) is 2.58. The van der Waals surface area contributed by atoms with E-state index in [1.807, 2.05) is 0 Å². The van der Waals surface area contributed by atoms with Gasteiger partial charge in [-0.1, -0.05) is 11.8 Å². The van der Waals surface area contributed by atoms with Gasteiger partial charge in [-0.3, -0.25) is 9.80 Å². The van der Waals surface area contributed by atoms with Crippen molar-refractivity contribution in [1.29, 1.82) is 0 Å². The van der Waals surface area contributed by atoms with Crippen LogP contribution in [0.3, 0.4) is 0 Å². The van der Waals surface area contributed by atoms with E-state index in [0.29, 0.717) is 0 Å². The second-order valence-corrected chi connectivity index (χ2v) is 5.69. The van der Waals surface area contributed by atoms with E-state index in [4.69, 9.17) is 9.47 Å². The molecule has 0 spiro atoms. The fourth-order valence-corrected chi connectivity index (χ4v) is 2.46. The smallest absolute Gasteiger partial charge is 0.0603 e. The number of unbranched alkanes of at least 4 members (excludes halogenated alkanes) is 3. The van der Waals surface area contributed by atoms with Crippen molar-refractivity contribution >= 4 is 0 Å². The fraction of sp³-hybridized carbons (Fsp3) is 0.778. The van der Waals surface area contributed by atoms with E-state index in [2.05, 4.69) is 33.5 Å². The largest absolute Gasteiger partial charge is 0.379 e. The number of ether oxygens (including phenoxy) is 2. The van der Waals surface area contributed by atoms with Crippen LogP contribution in [0.4, 0.5) is 0 Å². The van der Waals surface area contributed by atoms with Crippen LogP contribution in [0.1, 0.15) is 25.7 Å². The number of hydrogen-bond acceptors (Lipinski definition) is 4. The Labute approximate surface area is 135 Å². The predicted octanol–water partition coefficient (Wildman–Crippen LogP) is 1.22. The molecule has 0 aliphatic carbocycles. The first-order chi connectivity index (χ1) is 10.9. The lowest BCUT2D eigenvalue weighted by Gasteiger charge is -2.24. The Balaban J connectivity index is 1.42. The highest BCUT2D eigenvalue weighted by molar-refractivity contribution is 5.03. The van der Waals surface area contributed by atoms with Gasteiger partial charge in [0, 0.05) is 39.0 Å². The maximum Gasteiger partial charge on any atom is 0.0603 e. The molecule has 22 heavy (non-hydrogen) atoms. The van der Waals surface area contributed by atoms with E-state index in [9.17, 15) is 0 Å². The Kier molecular flexibility index (Phi) is 9.07. The molecule has 0 unspecified atom stereocenters. The Morgan fingerprint density at radius 2 is 1.00 bits per heavy atom.